The number of pyridine rings is 1. The van der Waals surface area contributed by atoms with Gasteiger partial charge in [-0.3, -0.25) is 9.78 Å². The van der Waals surface area contributed by atoms with E-state index in [9.17, 15) is 14.4 Å². The molecule has 0 unspecified atom stereocenters. The van der Waals surface area contributed by atoms with Crippen LogP contribution < -0.4 is 10.1 Å². The minimum atomic E-state index is -0.242. The Labute approximate surface area is 215 Å². The Morgan fingerprint density at radius 3 is 2.73 bits per heavy atom. The highest BCUT2D eigenvalue weighted by Gasteiger charge is 2.25. The molecule has 0 spiro atoms. The lowest BCUT2D eigenvalue weighted by atomic mass is 9.78. The maximum atomic E-state index is 13.9. The molecule has 1 fully saturated rings. The average molecular weight is 497 g/mol. The van der Waals surface area contributed by atoms with E-state index in [4.69, 9.17) is 4.74 Å². The van der Waals surface area contributed by atoms with Crippen LogP contribution >= 0.6 is 0 Å². The third kappa shape index (κ3) is 5.05. The van der Waals surface area contributed by atoms with Gasteiger partial charge in [0.2, 0.25) is 0 Å². The molecule has 1 aliphatic rings. The van der Waals surface area contributed by atoms with E-state index < -0.39 is 0 Å². The Kier molecular flexibility index (Phi) is 6.91. The average Bonchev–Trinajstić information content (AvgIpc) is 3.32. The zero-order valence-electron chi connectivity index (χ0n) is 21.0. The van der Waals surface area contributed by atoms with Gasteiger partial charge in [-0.1, -0.05) is 0 Å². The van der Waals surface area contributed by atoms with Crippen molar-refractivity contribution in [2.45, 2.75) is 38.5 Å². The number of rotatable bonds is 6. The maximum absolute atomic E-state index is 13.9. The number of aromatic amines is 1. The van der Waals surface area contributed by atoms with Crippen LogP contribution in [0.4, 0.5) is 4.39 Å². The largest absolute Gasteiger partial charge is 0.497 e. The summed E-state index contributed by atoms with van der Waals surface area (Å²) in [5.41, 5.74) is 5.06. The first-order chi connectivity index (χ1) is 18.0. The Morgan fingerprint density at radius 1 is 1.16 bits per heavy atom. The molecule has 0 radical (unpaired) electrons. The van der Waals surface area contributed by atoms with Crippen molar-refractivity contribution >= 4 is 16.8 Å². The van der Waals surface area contributed by atoms with Crippen molar-refractivity contribution in [3.63, 3.8) is 0 Å². The van der Waals surface area contributed by atoms with E-state index in [2.05, 4.69) is 21.4 Å². The molecule has 2 N–H and O–H groups in total. The molecule has 1 amide bonds. The molecule has 1 saturated carbocycles. The zero-order chi connectivity index (χ0) is 25.9. The molecule has 0 bridgehead atoms. The number of carbonyl (C=O) groups excluding carboxylic acids is 1. The van der Waals surface area contributed by atoms with Gasteiger partial charge in [0, 0.05) is 29.4 Å². The highest BCUT2D eigenvalue weighted by Crippen LogP contribution is 2.38. The van der Waals surface area contributed by atoms with E-state index in [0.29, 0.717) is 46.5 Å². The lowest BCUT2D eigenvalue weighted by Crippen LogP contribution is -2.31. The Morgan fingerprint density at radius 2 is 1.97 bits per heavy atom. The van der Waals surface area contributed by atoms with Gasteiger partial charge in [0.05, 0.1) is 35.5 Å². The van der Waals surface area contributed by atoms with E-state index in [1.807, 2.05) is 19.1 Å². The standard InChI is InChI=1S/C30H29FN4O2/c1-18-13-27(29(35-18)25-15-23(37-2)9-7-21(25)16-32)30(36)34-17-19-3-5-20(6-4-19)24-11-12-33-28-10-8-22(31)14-26(24)28/h7-15,19-20,35H,3-6,17H2,1-2H3,(H,34,36). The van der Waals surface area contributed by atoms with Gasteiger partial charge in [-0.25, -0.2) is 4.39 Å². The Balaban J connectivity index is 1.26. The molecule has 0 saturated heterocycles. The number of aryl methyl sites for hydroxylation is 1. The van der Waals surface area contributed by atoms with E-state index in [1.54, 1.807) is 43.6 Å². The predicted octanol–water partition coefficient (Wildman–Crippen LogP) is 6.26. The van der Waals surface area contributed by atoms with Gasteiger partial charge in [-0.05, 0) is 98.5 Å². The minimum absolute atomic E-state index is 0.163. The van der Waals surface area contributed by atoms with Gasteiger partial charge in [0.15, 0.2) is 0 Å². The number of halogens is 1. The normalized spacial score (nSPS) is 17.4. The van der Waals surface area contributed by atoms with Gasteiger partial charge in [0.1, 0.15) is 11.6 Å². The van der Waals surface area contributed by atoms with Crippen molar-refractivity contribution in [1.82, 2.24) is 15.3 Å². The summed E-state index contributed by atoms with van der Waals surface area (Å²) in [6, 6.07) is 16.0. The second-order valence-corrected chi connectivity index (χ2v) is 9.75. The summed E-state index contributed by atoms with van der Waals surface area (Å²) in [6.45, 7) is 2.48. The Bertz CT molecular complexity index is 1500. The number of amides is 1. The van der Waals surface area contributed by atoms with E-state index >= 15 is 0 Å². The van der Waals surface area contributed by atoms with Gasteiger partial charge >= 0.3 is 0 Å². The predicted molar refractivity (Wildman–Crippen MR) is 141 cm³/mol. The maximum Gasteiger partial charge on any atom is 0.253 e. The van der Waals surface area contributed by atoms with Crippen molar-refractivity contribution in [2.24, 2.45) is 5.92 Å². The first kappa shape index (κ1) is 24.5. The molecule has 0 aliphatic heterocycles. The molecule has 7 heteroatoms. The number of carbonyl (C=O) groups is 1. The van der Waals surface area contributed by atoms with Crippen LogP contribution in [0.15, 0.2) is 54.7 Å². The number of nitriles is 1. The number of methoxy groups -OCH3 is 1. The fourth-order valence-corrected chi connectivity index (χ4v) is 5.44. The van der Waals surface area contributed by atoms with Crippen molar-refractivity contribution in [3.8, 4) is 23.1 Å². The number of ether oxygens (including phenoxy) is 1. The summed E-state index contributed by atoms with van der Waals surface area (Å²) < 4.78 is 19.2. The molecule has 188 valence electrons. The second kappa shape index (κ2) is 10.4. The van der Waals surface area contributed by atoms with Gasteiger partial charge in [-0.2, -0.15) is 5.26 Å². The van der Waals surface area contributed by atoms with Crippen molar-refractivity contribution in [2.75, 3.05) is 13.7 Å². The zero-order valence-corrected chi connectivity index (χ0v) is 21.0. The summed E-state index contributed by atoms with van der Waals surface area (Å²) in [5.74, 6) is 0.946. The van der Waals surface area contributed by atoms with Crippen LogP contribution in [-0.4, -0.2) is 29.5 Å². The fourth-order valence-electron chi connectivity index (χ4n) is 5.44. The van der Waals surface area contributed by atoms with E-state index in [0.717, 1.165) is 47.8 Å². The Hall–Kier alpha value is -4.18. The number of fused-ring (bicyclic) bond motifs is 1. The van der Waals surface area contributed by atoms with Crippen LogP contribution in [0.2, 0.25) is 0 Å². The summed E-state index contributed by atoms with van der Waals surface area (Å²) >= 11 is 0. The summed E-state index contributed by atoms with van der Waals surface area (Å²) in [7, 11) is 1.57. The van der Waals surface area contributed by atoms with Crippen molar-refractivity contribution in [3.05, 3.63) is 82.9 Å². The molecule has 2 aromatic carbocycles. The third-order valence-electron chi connectivity index (χ3n) is 7.39. The minimum Gasteiger partial charge on any atom is -0.497 e. The number of hydrogen-bond acceptors (Lipinski definition) is 4. The number of aromatic nitrogens is 2. The second-order valence-electron chi connectivity index (χ2n) is 9.75. The number of nitrogens with zero attached hydrogens (tertiary/aromatic N) is 2. The molecule has 1 aliphatic carbocycles. The summed E-state index contributed by atoms with van der Waals surface area (Å²) in [6.07, 6.45) is 5.74. The highest BCUT2D eigenvalue weighted by molar-refractivity contribution is 6.01. The topological polar surface area (TPSA) is 90.8 Å². The summed E-state index contributed by atoms with van der Waals surface area (Å²) in [5, 5.41) is 13.6. The van der Waals surface area contributed by atoms with Crippen LogP contribution in [0.1, 0.15) is 58.8 Å². The monoisotopic (exact) mass is 496 g/mol. The lowest BCUT2D eigenvalue weighted by molar-refractivity contribution is 0.0943. The van der Waals surface area contributed by atoms with Crippen LogP contribution in [0, 0.1) is 30.0 Å². The first-order valence-electron chi connectivity index (χ1n) is 12.6. The number of hydrogen-bond donors (Lipinski definition) is 2. The van der Waals surface area contributed by atoms with E-state index in [1.165, 1.54) is 6.07 Å². The molecule has 4 aromatic rings. The van der Waals surface area contributed by atoms with Gasteiger partial charge in [0.25, 0.3) is 5.91 Å². The van der Waals surface area contributed by atoms with Crippen LogP contribution in [0.3, 0.4) is 0 Å². The molecule has 6 nitrogen and oxygen atoms in total. The molecule has 2 heterocycles. The SMILES string of the molecule is COc1ccc(C#N)c(-c2[nH]c(C)cc2C(=O)NCC2CCC(c3ccnc4ccc(F)cc34)CC2)c1. The lowest BCUT2D eigenvalue weighted by Gasteiger charge is -2.29. The van der Waals surface area contributed by atoms with Gasteiger partial charge in [-0.15, -0.1) is 0 Å². The molecular weight excluding hydrogens is 467 g/mol. The van der Waals surface area contributed by atoms with Crippen LogP contribution in [0.5, 0.6) is 5.75 Å². The van der Waals surface area contributed by atoms with Crippen LogP contribution in [-0.2, 0) is 0 Å². The van der Waals surface area contributed by atoms with E-state index in [-0.39, 0.29) is 11.7 Å². The van der Waals surface area contributed by atoms with Crippen molar-refractivity contribution < 1.29 is 13.9 Å². The van der Waals surface area contributed by atoms with Gasteiger partial charge < -0.3 is 15.0 Å². The molecular formula is C30H29FN4O2. The number of benzene rings is 2. The molecule has 5 rings (SSSR count). The smallest absolute Gasteiger partial charge is 0.253 e. The van der Waals surface area contributed by atoms with Crippen LogP contribution in [0.25, 0.3) is 22.2 Å². The fraction of sp³-hybridized carbons (Fsp3) is 0.300. The molecule has 2 aromatic heterocycles. The summed E-state index contributed by atoms with van der Waals surface area (Å²) in [4.78, 5) is 20.9. The van der Waals surface area contributed by atoms with Crippen molar-refractivity contribution in [1.29, 1.82) is 5.26 Å². The first-order valence-corrected chi connectivity index (χ1v) is 12.6. The number of H-pyrrole nitrogens is 1. The third-order valence-corrected chi connectivity index (χ3v) is 7.39. The highest BCUT2D eigenvalue weighted by atomic mass is 19.1. The molecule has 37 heavy (non-hydrogen) atoms. The number of nitrogens with one attached hydrogen (secondary N) is 2. The molecule has 0 atom stereocenters. The quantitative estimate of drug-likeness (QED) is 0.330.